The zero-order valence-corrected chi connectivity index (χ0v) is 15.9. The first-order chi connectivity index (χ1) is 12.1. The molecule has 0 heterocycles. The van der Waals surface area contributed by atoms with E-state index in [1.807, 2.05) is 31.2 Å². The van der Waals surface area contributed by atoms with E-state index >= 15 is 0 Å². The number of aliphatic hydroxyl groups excluding tert-OH is 1. The van der Waals surface area contributed by atoms with Gasteiger partial charge in [-0.15, -0.1) is 0 Å². The maximum Gasteiger partial charge on any atom is 0.191 e. The van der Waals surface area contributed by atoms with Crippen molar-refractivity contribution in [3.8, 4) is 5.75 Å². The van der Waals surface area contributed by atoms with Gasteiger partial charge in [0.15, 0.2) is 5.96 Å². The molecule has 6 heteroatoms. The summed E-state index contributed by atoms with van der Waals surface area (Å²) in [6.45, 7) is 9.65. The van der Waals surface area contributed by atoms with E-state index in [1.54, 1.807) is 7.11 Å². The van der Waals surface area contributed by atoms with Crippen molar-refractivity contribution in [3.63, 3.8) is 0 Å². The molecule has 142 valence electrons. The van der Waals surface area contributed by atoms with Gasteiger partial charge < -0.3 is 25.2 Å². The molecule has 0 aliphatic heterocycles. The van der Waals surface area contributed by atoms with Crippen molar-refractivity contribution < 1.29 is 14.6 Å². The van der Waals surface area contributed by atoms with Gasteiger partial charge in [0.2, 0.25) is 0 Å². The summed E-state index contributed by atoms with van der Waals surface area (Å²) in [7, 11) is 1.61. The Morgan fingerprint density at radius 2 is 2.08 bits per heavy atom. The van der Waals surface area contributed by atoms with Gasteiger partial charge in [-0.05, 0) is 37.0 Å². The summed E-state index contributed by atoms with van der Waals surface area (Å²) >= 11 is 0. The number of rotatable bonds is 11. The topological polar surface area (TPSA) is 75.1 Å². The molecule has 1 aromatic carbocycles. The van der Waals surface area contributed by atoms with Crippen LogP contribution < -0.4 is 15.4 Å². The number of guanidine groups is 1. The van der Waals surface area contributed by atoms with Crippen molar-refractivity contribution in [1.29, 1.82) is 0 Å². The molecule has 0 amide bonds. The Bertz CT molecular complexity index is 506. The van der Waals surface area contributed by atoms with E-state index in [0.717, 1.165) is 44.0 Å². The Morgan fingerprint density at radius 3 is 2.76 bits per heavy atom. The van der Waals surface area contributed by atoms with Gasteiger partial charge in [0, 0.05) is 26.3 Å². The van der Waals surface area contributed by atoms with E-state index in [0.29, 0.717) is 11.9 Å². The predicted molar refractivity (Wildman–Crippen MR) is 102 cm³/mol. The molecule has 0 fully saturated rings. The molecule has 0 saturated heterocycles. The summed E-state index contributed by atoms with van der Waals surface area (Å²) in [4.78, 5) is 4.45. The minimum atomic E-state index is -0.667. The third-order valence-electron chi connectivity index (χ3n) is 3.45. The number of aliphatic hydroxyl groups is 1. The normalized spacial score (nSPS) is 13.0. The van der Waals surface area contributed by atoms with Gasteiger partial charge in [-0.2, -0.15) is 0 Å². The number of nitrogens with zero attached hydrogens (tertiary/aromatic N) is 1. The molecule has 0 aliphatic rings. The quantitative estimate of drug-likeness (QED) is 0.324. The lowest BCUT2D eigenvalue weighted by atomic mass is 10.1. The zero-order valence-electron chi connectivity index (χ0n) is 15.9. The lowest BCUT2D eigenvalue weighted by molar-refractivity contribution is 0.108. The van der Waals surface area contributed by atoms with E-state index in [9.17, 15) is 5.11 Å². The number of aliphatic imine (C=N–C) groups is 1. The predicted octanol–water partition coefficient (Wildman–Crippen LogP) is 2.35. The molecule has 0 saturated carbocycles. The molecule has 3 N–H and O–H groups in total. The molecule has 1 atom stereocenters. The van der Waals surface area contributed by atoms with Crippen LogP contribution >= 0.6 is 0 Å². The van der Waals surface area contributed by atoms with Gasteiger partial charge in [0.25, 0.3) is 0 Å². The Kier molecular flexibility index (Phi) is 10.7. The van der Waals surface area contributed by atoms with Crippen LogP contribution in [0.4, 0.5) is 0 Å². The molecule has 0 spiro atoms. The van der Waals surface area contributed by atoms with E-state index in [1.165, 1.54) is 0 Å². The fourth-order valence-corrected chi connectivity index (χ4v) is 2.17. The number of hydrogen-bond acceptors (Lipinski definition) is 4. The summed E-state index contributed by atoms with van der Waals surface area (Å²) < 4.78 is 10.7. The van der Waals surface area contributed by atoms with Crippen LogP contribution in [0.2, 0.25) is 0 Å². The fourth-order valence-electron chi connectivity index (χ4n) is 2.17. The Labute approximate surface area is 151 Å². The van der Waals surface area contributed by atoms with Crippen LogP contribution in [0.5, 0.6) is 5.75 Å². The molecule has 25 heavy (non-hydrogen) atoms. The van der Waals surface area contributed by atoms with Gasteiger partial charge in [-0.1, -0.05) is 26.0 Å². The standard InChI is InChI=1S/C19H33N3O3/c1-5-20-19(21-10-7-11-25-14-15(2)3)22-13-18(23)16-8-6-9-17(12-16)24-4/h6,8-9,12,15,18,23H,5,7,10-11,13-14H2,1-4H3,(H2,20,21,22). The smallest absolute Gasteiger partial charge is 0.191 e. The number of methoxy groups -OCH3 is 1. The van der Waals surface area contributed by atoms with Crippen LogP contribution in [0.1, 0.15) is 38.9 Å². The number of benzene rings is 1. The molecule has 6 nitrogen and oxygen atoms in total. The van der Waals surface area contributed by atoms with E-state index < -0.39 is 6.10 Å². The van der Waals surface area contributed by atoms with Gasteiger partial charge in [0.05, 0.1) is 19.8 Å². The minimum Gasteiger partial charge on any atom is -0.497 e. The highest BCUT2D eigenvalue weighted by Gasteiger charge is 2.08. The first kappa shape index (κ1) is 21.3. The lowest BCUT2D eigenvalue weighted by Gasteiger charge is -2.14. The van der Waals surface area contributed by atoms with Crippen molar-refractivity contribution in [3.05, 3.63) is 29.8 Å². The second kappa shape index (κ2) is 12.6. The summed E-state index contributed by atoms with van der Waals surface area (Å²) in [5, 5.41) is 16.8. The van der Waals surface area contributed by atoms with E-state index in [-0.39, 0.29) is 6.54 Å². The summed E-state index contributed by atoms with van der Waals surface area (Å²) in [5.41, 5.74) is 0.793. The highest BCUT2D eigenvalue weighted by molar-refractivity contribution is 5.79. The highest BCUT2D eigenvalue weighted by Crippen LogP contribution is 2.19. The average molecular weight is 351 g/mol. The van der Waals surface area contributed by atoms with Crippen molar-refractivity contribution in [2.45, 2.75) is 33.3 Å². The second-order valence-electron chi connectivity index (χ2n) is 6.26. The molecular weight excluding hydrogens is 318 g/mol. The Hall–Kier alpha value is -1.79. The Morgan fingerprint density at radius 1 is 1.28 bits per heavy atom. The van der Waals surface area contributed by atoms with Crippen LogP contribution in [-0.4, -0.2) is 51.0 Å². The fraction of sp³-hybridized carbons (Fsp3) is 0.632. The molecule has 0 aliphatic carbocycles. The zero-order chi connectivity index (χ0) is 18.5. The van der Waals surface area contributed by atoms with E-state index in [2.05, 4.69) is 29.5 Å². The molecule has 1 aromatic rings. The monoisotopic (exact) mass is 351 g/mol. The second-order valence-corrected chi connectivity index (χ2v) is 6.26. The van der Waals surface area contributed by atoms with Crippen molar-refractivity contribution >= 4 is 5.96 Å². The van der Waals surface area contributed by atoms with Gasteiger partial charge >= 0.3 is 0 Å². The van der Waals surface area contributed by atoms with Crippen LogP contribution in [0.15, 0.2) is 29.3 Å². The molecule has 1 rings (SSSR count). The summed E-state index contributed by atoms with van der Waals surface area (Å²) in [6, 6.07) is 7.41. The van der Waals surface area contributed by atoms with Crippen molar-refractivity contribution in [1.82, 2.24) is 10.6 Å². The third kappa shape index (κ3) is 9.31. The van der Waals surface area contributed by atoms with Crippen molar-refractivity contribution in [2.75, 3.05) is 40.0 Å². The number of nitrogens with one attached hydrogen (secondary N) is 2. The maximum absolute atomic E-state index is 10.3. The molecule has 0 bridgehead atoms. The van der Waals surface area contributed by atoms with Gasteiger partial charge in [0.1, 0.15) is 5.75 Å². The average Bonchev–Trinajstić information content (AvgIpc) is 2.61. The van der Waals surface area contributed by atoms with Gasteiger partial charge in [-0.3, -0.25) is 4.99 Å². The minimum absolute atomic E-state index is 0.284. The first-order valence-corrected chi connectivity index (χ1v) is 8.98. The molecular formula is C19H33N3O3. The SMILES string of the molecule is CCNC(=NCC(O)c1cccc(OC)c1)NCCCOCC(C)C. The Balaban J connectivity index is 2.42. The molecule has 1 unspecified atom stereocenters. The maximum atomic E-state index is 10.3. The number of ether oxygens (including phenoxy) is 2. The summed E-state index contributed by atoms with van der Waals surface area (Å²) in [5.74, 6) is 1.99. The summed E-state index contributed by atoms with van der Waals surface area (Å²) in [6.07, 6.45) is 0.246. The van der Waals surface area contributed by atoms with E-state index in [4.69, 9.17) is 9.47 Å². The van der Waals surface area contributed by atoms with Crippen LogP contribution in [0, 0.1) is 5.92 Å². The van der Waals surface area contributed by atoms with Gasteiger partial charge in [-0.25, -0.2) is 0 Å². The molecule has 0 aromatic heterocycles. The largest absolute Gasteiger partial charge is 0.497 e. The lowest BCUT2D eigenvalue weighted by Crippen LogP contribution is -2.38. The highest BCUT2D eigenvalue weighted by atomic mass is 16.5. The third-order valence-corrected chi connectivity index (χ3v) is 3.45. The first-order valence-electron chi connectivity index (χ1n) is 8.98. The van der Waals surface area contributed by atoms with Crippen LogP contribution in [0.25, 0.3) is 0 Å². The van der Waals surface area contributed by atoms with Crippen molar-refractivity contribution in [2.24, 2.45) is 10.9 Å². The number of hydrogen-bond donors (Lipinski definition) is 3. The van der Waals surface area contributed by atoms with Crippen LogP contribution in [0.3, 0.4) is 0 Å². The molecule has 0 radical (unpaired) electrons. The van der Waals surface area contributed by atoms with Crippen LogP contribution in [-0.2, 0) is 4.74 Å².